The van der Waals surface area contributed by atoms with Gasteiger partial charge in [-0.2, -0.15) is 0 Å². The van der Waals surface area contributed by atoms with Crippen molar-refractivity contribution in [3.05, 3.63) is 11.9 Å². The van der Waals surface area contributed by atoms with E-state index in [0.717, 1.165) is 24.7 Å². The van der Waals surface area contributed by atoms with Crippen LogP contribution in [0.15, 0.2) is 11.2 Å². The van der Waals surface area contributed by atoms with Crippen LogP contribution >= 0.6 is 0 Å². The van der Waals surface area contributed by atoms with Gasteiger partial charge in [0, 0.05) is 34.2 Å². The fourth-order valence-corrected chi connectivity index (χ4v) is 2.56. The molecule has 20 heavy (non-hydrogen) atoms. The number of imidazole rings is 1. The van der Waals surface area contributed by atoms with E-state index >= 15 is 0 Å². The van der Waals surface area contributed by atoms with Crippen LogP contribution in [-0.2, 0) is 13.6 Å². The lowest BCUT2D eigenvalue weighted by molar-refractivity contribution is 0.428. The Morgan fingerprint density at radius 2 is 1.95 bits per heavy atom. The predicted molar refractivity (Wildman–Crippen MR) is 82.9 cm³/mol. The highest BCUT2D eigenvalue weighted by Gasteiger charge is 2.12. The van der Waals surface area contributed by atoms with E-state index in [9.17, 15) is 0 Å². The third kappa shape index (κ3) is 3.43. The summed E-state index contributed by atoms with van der Waals surface area (Å²) in [4.78, 5) is 13.1. The maximum absolute atomic E-state index is 6.12. The van der Waals surface area contributed by atoms with Crippen molar-refractivity contribution in [2.24, 2.45) is 17.8 Å². The van der Waals surface area contributed by atoms with E-state index in [2.05, 4.69) is 19.4 Å². The van der Waals surface area contributed by atoms with Gasteiger partial charge in [0.2, 0.25) is 5.95 Å². The average molecular weight is 278 g/mol. The summed E-state index contributed by atoms with van der Waals surface area (Å²) in [5.41, 5.74) is 7.19. The topological polar surface area (TPSA) is 62.7 Å². The summed E-state index contributed by atoms with van der Waals surface area (Å²) in [7, 11) is 5.98. The van der Waals surface area contributed by atoms with Gasteiger partial charge in [-0.3, -0.25) is 0 Å². The van der Waals surface area contributed by atoms with Crippen molar-refractivity contribution < 1.29 is 0 Å². The number of anilines is 1. The van der Waals surface area contributed by atoms with Crippen molar-refractivity contribution in [2.45, 2.75) is 32.2 Å². The smallest absolute Gasteiger partial charge is 0.204 e. The first kappa shape index (κ1) is 14.7. The van der Waals surface area contributed by atoms with E-state index in [1.807, 2.05) is 32.2 Å². The van der Waals surface area contributed by atoms with Crippen molar-refractivity contribution in [1.29, 1.82) is 0 Å². The number of rotatable bonds is 3. The van der Waals surface area contributed by atoms with Gasteiger partial charge in [-0.15, -0.1) is 0 Å². The molecule has 0 aliphatic carbocycles. The molecule has 0 aromatic carbocycles. The molecule has 112 valence electrons. The first-order valence-electron chi connectivity index (χ1n) is 7.32. The highest BCUT2D eigenvalue weighted by atomic mass is 15.3. The maximum Gasteiger partial charge on any atom is 0.204 e. The van der Waals surface area contributed by atoms with Gasteiger partial charge in [0.15, 0.2) is 5.96 Å². The Kier molecular flexibility index (Phi) is 4.87. The van der Waals surface area contributed by atoms with E-state index in [0.29, 0.717) is 12.5 Å². The number of aliphatic imine (C=N–C) groups is 1. The molecule has 0 saturated carbocycles. The van der Waals surface area contributed by atoms with Crippen LogP contribution in [0.2, 0.25) is 0 Å². The van der Waals surface area contributed by atoms with Gasteiger partial charge in [0.05, 0.1) is 18.4 Å². The van der Waals surface area contributed by atoms with E-state index in [-0.39, 0.29) is 0 Å². The molecule has 1 aliphatic heterocycles. The summed E-state index contributed by atoms with van der Waals surface area (Å²) in [5, 5.41) is 0. The molecule has 1 aliphatic rings. The Morgan fingerprint density at radius 3 is 2.50 bits per heavy atom. The van der Waals surface area contributed by atoms with Gasteiger partial charge < -0.3 is 20.1 Å². The van der Waals surface area contributed by atoms with Crippen LogP contribution in [0.4, 0.5) is 5.95 Å². The fourth-order valence-electron chi connectivity index (χ4n) is 2.56. The summed E-state index contributed by atoms with van der Waals surface area (Å²) in [5.74, 6) is 1.60. The van der Waals surface area contributed by atoms with Gasteiger partial charge in [-0.05, 0) is 12.8 Å². The predicted octanol–water partition coefficient (Wildman–Crippen LogP) is 1.18. The third-order valence-electron chi connectivity index (χ3n) is 3.79. The second-order valence-electron chi connectivity index (χ2n) is 5.58. The molecule has 0 amide bonds. The van der Waals surface area contributed by atoms with Crippen LogP contribution < -0.4 is 10.6 Å². The lowest BCUT2D eigenvalue weighted by Gasteiger charge is -2.21. The first-order chi connectivity index (χ1) is 9.59. The van der Waals surface area contributed by atoms with Crippen LogP contribution in [-0.4, -0.2) is 47.6 Å². The Balaban J connectivity index is 2.00. The Bertz CT molecular complexity index is 454. The largest absolute Gasteiger partial charge is 0.370 e. The molecular weight excluding hydrogens is 252 g/mol. The van der Waals surface area contributed by atoms with E-state index in [1.54, 1.807) is 0 Å². The molecule has 2 rings (SSSR count). The van der Waals surface area contributed by atoms with E-state index < -0.39 is 0 Å². The molecule has 6 heteroatoms. The second kappa shape index (κ2) is 6.63. The molecular formula is C14H26N6. The molecule has 1 aromatic heterocycles. The Morgan fingerprint density at radius 1 is 1.30 bits per heavy atom. The molecule has 0 bridgehead atoms. The number of hydrogen-bond acceptors (Lipinski definition) is 3. The summed E-state index contributed by atoms with van der Waals surface area (Å²) < 4.78 is 2.05. The van der Waals surface area contributed by atoms with Gasteiger partial charge >= 0.3 is 0 Å². The fraction of sp³-hybridized carbons (Fsp3) is 0.714. The summed E-state index contributed by atoms with van der Waals surface area (Å²) in [6, 6.07) is 0. The molecule has 0 unspecified atom stereocenters. The zero-order valence-electron chi connectivity index (χ0n) is 12.8. The maximum atomic E-state index is 6.12. The highest BCUT2D eigenvalue weighted by molar-refractivity contribution is 5.78. The highest BCUT2D eigenvalue weighted by Crippen LogP contribution is 2.13. The molecule has 6 nitrogen and oxygen atoms in total. The lowest BCUT2D eigenvalue weighted by Crippen LogP contribution is -2.38. The van der Waals surface area contributed by atoms with Crippen LogP contribution in [0, 0.1) is 0 Å². The normalized spacial score (nSPS) is 17.1. The number of aromatic nitrogens is 2. The standard InChI is InChI=1S/C14H26N6/c1-18(2)14-17-11-12(19(14)3)10-16-13(15)20-8-6-4-5-7-9-20/h11H,4-10H2,1-3H3,(H2,15,16). The monoisotopic (exact) mass is 278 g/mol. The number of nitrogens with two attached hydrogens (primary N) is 1. The van der Waals surface area contributed by atoms with Crippen LogP contribution in [0.5, 0.6) is 0 Å². The van der Waals surface area contributed by atoms with Gasteiger partial charge in [0.1, 0.15) is 0 Å². The van der Waals surface area contributed by atoms with Gasteiger partial charge in [-0.1, -0.05) is 12.8 Å². The number of guanidine groups is 1. The molecule has 2 N–H and O–H groups in total. The van der Waals surface area contributed by atoms with Crippen LogP contribution in [0.25, 0.3) is 0 Å². The molecule has 1 saturated heterocycles. The molecule has 0 spiro atoms. The molecule has 1 fully saturated rings. The quantitative estimate of drug-likeness (QED) is 0.666. The molecule has 2 heterocycles. The summed E-state index contributed by atoms with van der Waals surface area (Å²) >= 11 is 0. The molecule has 1 aromatic rings. The number of hydrogen-bond donors (Lipinski definition) is 1. The van der Waals surface area contributed by atoms with Crippen molar-refractivity contribution in [2.75, 3.05) is 32.1 Å². The number of nitrogens with zero attached hydrogens (tertiary/aromatic N) is 5. The van der Waals surface area contributed by atoms with Crippen molar-refractivity contribution in [3.63, 3.8) is 0 Å². The number of likely N-dealkylation sites (tertiary alicyclic amines) is 1. The first-order valence-corrected chi connectivity index (χ1v) is 7.32. The van der Waals surface area contributed by atoms with Gasteiger partial charge in [0.25, 0.3) is 0 Å². The van der Waals surface area contributed by atoms with Crippen molar-refractivity contribution in [1.82, 2.24) is 14.5 Å². The zero-order chi connectivity index (χ0) is 14.5. The summed E-state index contributed by atoms with van der Waals surface area (Å²) in [6.07, 6.45) is 6.91. The lowest BCUT2D eigenvalue weighted by atomic mass is 10.2. The van der Waals surface area contributed by atoms with Crippen LogP contribution in [0.1, 0.15) is 31.4 Å². The minimum Gasteiger partial charge on any atom is -0.370 e. The average Bonchev–Trinajstić information content (AvgIpc) is 2.65. The Labute approximate surface area is 121 Å². The van der Waals surface area contributed by atoms with Crippen molar-refractivity contribution >= 4 is 11.9 Å². The molecule has 0 radical (unpaired) electrons. The molecule has 0 atom stereocenters. The third-order valence-corrected chi connectivity index (χ3v) is 3.79. The van der Waals surface area contributed by atoms with Crippen LogP contribution in [0.3, 0.4) is 0 Å². The van der Waals surface area contributed by atoms with E-state index in [4.69, 9.17) is 5.73 Å². The van der Waals surface area contributed by atoms with E-state index in [1.165, 1.54) is 25.7 Å². The summed E-state index contributed by atoms with van der Waals surface area (Å²) in [6.45, 7) is 2.65. The minimum absolute atomic E-state index is 0.583. The second-order valence-corrected chi connectivity index (χ2v) is 5.58. The van der Waals surface area contributed by atoms with Crippen molar-refractivity contribution in [3.8, 4) is 0 Å². The SMILES string of the molecule is CN(C)c1ncc(CN=C(N)N2CCCCCC2)n1C. The van der Waals surface area contributed by atoms with Gasteiger partial charge in [-0.25, -0.2) is 9.98 Å². The minimum atomic E-state index is 0.583. The Hall–Kier alpha value is -1.72. The zero-order valence-corrected chi connectivity index (χ0v) is 12.8.